The van der Waals surface area contributed by atoms with Gasteiger partial charge in [0.1, 0.15) is 4.90 Å². The van der Waals surface area contributed by atoms with Crippen LogP contribution in [0.5, 0.6) is 0 Å². The van der Waals surface area contributed by atoms with Gasteiger partial charge >= 0.3 is 0 Å². The van der Waals surface area contributed by atoms with Gasteiger partial charge in [0, 0.05) is 18.6 Å². The average Bonchev–Trinajstić information content (AvgIpc) is 3.43. The van der Waals surface area contributed by atoms with Crippen LogP contribution in [0.4, 0.5) is 5.69 Å². The predicted molar refractivity (Wildman–Crippen MR) is 120 cm³/mol. The first kappa shape index (κ1) is 20.7. The van der Waals surface area contributed by atoms with E-state index < -0.39 is 15.6 Å². The highest BCUT2D eigenvalue weighted by Crippen LogP contribution is 2.37. The number of nitrogens with one attached hydrogen (secondary N) is 1. The number of para-hydroxylation sites is 1. The number of aliphatic hydroxyl groups is 1. The molecule has 0 bridgehead atoms. The van der Waals surface area contributed by atoms with Crippen LogP contribution in [0, 0.1) is 0 Å². The molecule has 32 heavy (non-hydrogen) atoms. The van der Waals surface area contributed by atoms with Crippen molar-refractivity contribution >= 4 is 26.6 Å². The second kappa shape index (κ2) is 7.72. The fourth-order valence-electron chi connectivity index (χ4n) is 4.35. The van der Waals surface area contributed by atoms with Gasteiger partial charge in [-0.25, -0.2) is 18.1 Å². The van der Waals surface area contributed by atoms with Crippen LogP contribution in [0.25, 0.3) is 16.7 Å². The predicted octanol–water partition coefficient (Wildman–Crippen LogP) is 3.11. The van der Waals surface area contributed by atoms with E-state index in [9.17, 15) is 13.5 Å². The molecule has 0 radical (unpaired) electrons. The van der Waals surface area contributed by atoms with E-state index in [2.05, 4.69) is 19.9 Å². The van der Waals surface area contributed by atoms with E-state index in [0.717, 1.165) is 30.2 Å². The molecule has 1 aliphatic carbocycles. The van der Waals surface area contributed by atoms with Crippen LogP contribution in [0.1, 0.15) is 37.7 Å². The van der Waals surface area contributed by atoms with Gasteiger partial charge in [0.2, 0.25) is 0 Å². The van der Waals surface area contributed by atoms with Gasteiger partial charge in [-0.15, -0.1) is 0 Å². The lowest BCUT2D eigenvalue weighted by Crippen LogP contribution is -2.28. The highest BCUT2D eigenvalue weighted by molar-refractivity contribution is 7.92. The fourth-order valence-corrected chi connectivity index (χ4v) is 5.34. The molecule has 2 N–H and O–H groups in total. The van der Waals surface area contributed by atoms with Crippen molar-refractivity contribution in [3.63, 3.8) is 0 Å². The molecular weight excluding hydrogens is 428 g/mol. The Hall–Kier alpha value is -3.24. The lowest BCUT2D eigenvalue weighted by atomic mass is 9.80. The van der Waals surface area contributed by atoms with Crippen molar-refractivity contribution in [3.8, 4) is 5.82 Å². The summed E-state index contributed by atoms with van der Waals surface area (Å²) in [5, 5.41) is 20.3. The van der Waals surface area contributed by atoms with Crippen LogP contribution < -0.4 is 4.72 Å². The highest BCUT2D eigenvalue weighted by Gasteiger charge is 2.31. The highest BCUT2D eigenvalue weighted by atomic mass is 32.2. The smallest absolute Gasteiger partial charge is 0.265 e. The Kier molecular flexibility index (Phi) is 4.98. The number of fused-ring (bicyclic) bond motifs is 1. The number of rotatable bonds is 5. The third-order valence-corrected chi connectivity index (χ3v) is 7.39. The SMILES string of the molecule is Cn1ncc2cccc(NS(=O)(=O)c3cnn(-c4cc(C5(O)CCCCC5)ccn4)c3)c21. The summed E-state index contributed by atoms with van der Waals surface area (Å²) in [4.78, 5) is 4.34. The summed E-state index contributed by atoms with van der Waals surface area (Å²) in [5.74, 6) is 0.455. The standard InChI is InChI=1S/C22H24N6O3S/c1-27-21-16(13-24-27)6-5-7-19(21)26-32(30,31)18-14-25-28(15-18)20-12-17(8-11-23-20)22(29)9-3-2-4-10-22/h5-8,11-15,26,29H,2-4,9-10H2,1H3. The van der Waals surface area contributed by atoms with Crippen LogP contribution in [-0.4, -0.2) is 38.1 Å². The van der Waals surface area contributed by atoms with Crippen LogP contribution in [-0.2, 0) is 22.7 Å². The lowest BCUT2D eigenvalue weighted by molar-refractivity contribution is -0.000713. The molecule has 1 aliphatic rings. The zero-order chi connectivity index (χ0) is 22.3. The Morgan fingerprint density at radius 3 is 2.72 bits per heavy atom. The van der Waals surface area contributed by atoms with Gasteiger partial charge in [-0.3, -0.25) is 9.40 Å². The molecule has 4 aromatic rings. The Balaban J connectivity index is 1.44. The molecule has 9 nitrogen and oxygen atoms in total. The largest absolute Gasteiger partial charge is 0.385 e. The minimum Gasteiger partial charge on any atom is -0.385 e. The molecule has 3 aromatic heterocycles. The van der Waals surface area contributed by atoms with Gasteiger partial charge in [0.05, 0.1) is 35.4 Å². The number of aromatic nitrogens is 5. The first-order valence-electron chi connectivity index (χ1n) is 10.5. The minimum absolute atomic E-state index is 0.0141. The van der Waals surface area contributed by atoms with Crippen molar-refractivity contribution in [3.05, 3.63) is 60.7 Å². The van der Waals surface area contributed by atoms with E-state index in [1.54, 1.807) is 42.3 Å². The first-order chi connectivity index (χ1) is 15.4. The molecule has 3 heterocycles. The summed E-state index contributed by atoms with van der Waals surface area (Å²) in [6, 6.07) is 8.93. The average molecular weight is 453 g/mol. The molecule has 1 aromatic carbocycles. The van der Waals surface area contributed by atoms with Crippen LogP contribution in [0.15, 0.2) is 60.0 Å². The van der Waals surface area contributed by atoms with Gasteiger partial charge in [0.15, 0.2) is 5.82 Å². The van der Waals surface area contributed by atoms with E-state index >= 15 is 0 Å². The van der Waals surface area contributed by atoms with Gasteiger partial charge in [-0.1, -0.05) is 31.4 Å². The van der Waals surface area contributed by atoms with Crippen LogP contribution in [0.3, 0.4) is 0 Å². The maximum atomic E-state index is 13.0. The molecule has 10 heteroatoms. The second-order valence-electron chi connectivity index (χ2n) is 8.23. The molecule has 5 rings (SSSR count). The summed E-state index contributed by atoms with van der Waals surface area (Å²) in [6.07, 6.45) is 10.5. The number of aryl methyl sites for hydroxylation is 1. The Morgan fingerprint density at radius 2 is 1.91 bits per heavy atom. The van der Waals surface area contributed by atoms with Gasteiger partial charge < -0.3 is 5.11 Å². The van der Waals surface area contributed by atoms with E-state index in [4.69, 9.17) is 0 Å². The summed E-state index contributed by atoms with van der Waals surface area (Å²) in [5.41, 5.74) is 1.04. The number of benzene rings is 1. The molecule has 166 valence electrons. The minimum atomic E-state index is -3.88. The quantitative estimate of drug-likeness (QED) is 0.481. The third-order valence-electron chi connectivity index (χ3n) is 6.07. The second-order valence-corrected chi connectivity index (χ2v) is 9.92. The van der Waals surface area contributed by atoms with Crippen LogP contribution >= 0.6 is 0 Å². The normalized spacial score (nSPS) is 16.3. The third kappa shape index (κ3) is 3.65. The van der Waals surface area contributed by atoms with Crippen molar-refractivity contribution in [2.75, 3.05) is 4.72 Å². The summed E-state index contributed by atoms with van der Waals surface area (Å²) in [6.45, 7) is 0. The zero-order valence-electron chi connectivity index (χ0n) is 17.6. The van der Waals surface area contributed by atoms with Gasteiger partial charge in [0.25, 0.3) is 10.0 Å². The molecule has 0 spiro atoms. The van der Waals surface area contributed by atoms with Crippen molar-refractivity contribution in [2.45, 2.75) is 42.6 Å². The van der Waals surface area contributed by atoms with E-state index in [-0.39, 0.29) is 4.90 Å². The number of sulfonamides is 1. The zero-order valence-corrected chi connectivity index (χ0v) is 18.5. The summed E-state index contributed by atoms with van der Waals surface area (Å²) < 4.78 is 31.7. The van der Waals surface area contributed by atoms with Crippen molar-refractivity contribution < 1.29 is 13.5 Å². The molecular formula is C22H24N6O3S. The Morgan fingerprint density at radius 1 is 1.09 bits per heavy atom. The molecule has 1 fully saturated rings. The van der Waals surface area contributed by atoms with E-state index in [0.29, 0.717) is 29.9 Å². The first-order valence-corrected chi connectivity index (χ1v) is 12.0. The number of hydrogen-bond donors (Lipinski definition) is 2. The van der Waals surface area contributed by atoms with Crippen LogP contribution in [0.2, 0.25) is 0 Å². The molecule has 0 aliphatic heterocycles. The maximum Gasteiger partial charge on any atom is 0.265 e. The molecule has 1 saturated carbocycles. The fraction of sp³-hybridized carbons (Fsp3) is 0.318. The van der Waals surface area contributed by atoms with Gasteiger partial charge in [-0.2, -0.15) is 10.2 Å². The topological polar surface area (TPSA) is 115 Å². The number of nitrogens with zero attached hydrogens (tertiary/aromatic N) is 5. The summed E-state index contributed by atoms with van der Waals surface area (Å²) >= 11 is 0. The molecule has 0 saturated heterocycles. The van der Waals surface area contributed by atoms with Crippen molar-refractivity contribution in [1.29, 1.82) is 0 Å². The van der Waals surface area contributed by atoms with Gasteiger partial charge in [-0.05, 0) is 36.6 Å². The van der Waals surface area contributed by atoms with Crippen molar-refractivity contribution in [2.24, 2.45) is 7.05 Å². The lowest BCUT2D eigenvalue weighted by Gasteiger charge is -2.32. The molecule has 0 atom stereocenters. The van der Waals surface area contributed by atoms with Crippen molar-refractivity contribution in [1.82, 2.24) is 24.5 Å². The number of pyridine rings is 1. The molecule has 0 unspecified atom stereocenters. The van der Waals surface area contributed by atoms with E-state index in [1.807, 2.05) is 12.1 Å². The Labute approximate surface area is 185 Å². The number of anilines is 1. The Bertz CT molecular complexity index is 1390. The maximum absolute atomic E-state index is 13.0. The monoisotopic (exact) mass is 452 g/mol. The summed E-state index contributed by atoms with van der Waals surface area (Å²) in [7, 11) is -2.12. The molecule has 0 amide bonds. The van der Waals surface area contributed by atoms with E-state index in [1.165, 1.54) is 17.1 Å². The number of hydrogen-bond acceptors (Lipinski definition) is 6.